The summed E-state index contributed by atoms with van der Waals surface area (Å²) in [4.78, 5) is 4.04. The van der Waals surface area contributed by atoms with Crippen LogP contribution in [0.25, 0.3) is 11.3 Å². The van der Waals surface area contributed by atoms with Crippen molar-refractivity contribution < 1.29 is 0 Å². The summed E-state index contributed by atoms with van der Waals surface area (Å²) in [5.74, 6) is 0. The van der Waals surface area contributed by atoms with Crippen LogP contribution in [0.2, 0.25) is 0 Å². The molecule has 13 heavy (non-hydrogen) atoms. The fourth-order valence-electron chi connectivity index (χ4n) is 1.36. The van der Waals surface area contributed by atoms with Crippen LogP contribution in [0.15, 0.2) is 36.8 Å². The van der Waals surface area contributed by atoms with E-state index >= 15 is 0 Å². The Morgan fingerprint density at radius 2 is 2.23 bits per heavy atom. The van der Waals surface area contributed by atoms with Gasteiger partial charge in [0, 0.05) is 36.9 Å². The van der Waals surface area contributed by atoms with Crippen LogP contribution in [-0.2, 0) is 7.05 Å². The van der Waals surface area contributed by atoms with Gasteiger partial charge in [0.2, 0.25) is 0 Å². The molecule has 0 radical (unpaired) electrons. The third-order valence-corrected chi connectivity index (χ3v) is 2.00. The van der Waals surface area contributed by atoms with E-state index < -0.39 is 0 Å². The number of aromatic nitrogens is 2. The van der Waals surface area contributed by atoms with E-state index in [9.17, 15) is 0 Å². The number of rotatable bonds is 1. The van der Waals surface area contributed by atoms with E-state index in [0.29, 0.717) is 5.69 Å². The first kappa shape index (κ1) is 7.86. The van der Waals surface area contributed by atoms with E-state index in [2.05, 4.69) is 4.98 Å². The summed E-state index contributed by atoms with van der Waals surface area (Å²) < 4.78 is 2.04. The first-order chi connectivity index (χ1) is 6.27. The first-order valence-electron chi connectivity index (χ1n) is 4.09. The van der Waals surface area contributed by atoms with Gasteiger partial charge in [-0.2, -0.15) is 0 Å². The molecule has 0 aliphatic carbocycles. The number of hydrogen-bond acceptors (Lipinski definition) is 2. The summed E-state index contributed by atoms with van der Waals surface area (Å²) in [5, 5.41) is 0. The molecular weight excluding hydrogens is 162 g/mol. The van der Waals surface area contributed by atoms with Crippen LogP contribution in [0.4, 0.5) is 5.69 Å². The molecular formula is C10H11N3. The van der Waals surface area contributed by atoms with E-state index in [1.54, 1.807) is 6.20 Å². The quantitative estimate of drug-likeness (QED) is 0.712. The fraction of sp³-hybridized carbons (Fsp3) is 0.100. The Morgan fingerprint density at radius 1 is 1.38 bits per heavy atom. The summed E-state index contributed by atoms with van der Waals surface area (Å²) in [6.07, 6.45) is 5.46. The lowest BCUT2D eigenvalue weighted by molar-refractivity contribution is 0.936. The fourth-order valence-corrected chi connectivity index (χ4v) is 1.36. The number of nitrogens with two attached hydrogens (primary N) is 1. The van der Waals surface area contributed by atoms with Crippen LogP contribution in [0.3, 0.4) is 0 Å². The van der Waals surface area contributed by atoms with Crippen molar-refractivity contribution >= 4 is 5.69 Å². The highest BCUT2D eigenvalue weighted by Gasteiger charge is 2.00. The third-order valence-electron chi connectivity index (χ3n) is 2.00. The van der Waals surface area contributed by atoms with Crippen LogP contribution in [-0.4, -0.2) is 9.55 Å². The number of aryl methyl sites for hydroxylation is 1. The summed E-state index contributed by atoms with van der Waals surface area (Å²) >= 11 is 0. The maximum atomic E-state index is 5.64. The van der Waals surface area contributed by atoms with Gasteiger partial charge < -0.3 is 10.3 Å². The molecule has 2 aromatic rings. The van der Waals surface area contributed by atoms with Crippen molar-refractivity contribution in [2.75, 3.05) is 5.73 Å². The molecule has 3 heteroatoms. The topological polar surface area (TPSA) is 43.8 Å². The van der Waals surface area contributed by atoms with E-state index in [-0.39, 0.29) is 0 Å². The van der Waals surface area contributed by atoms with Gasteiger partial charge in [-0.15, -0.1) is 0 Å². The molecule has 0 saturated carbocycles. The predicted octanol–water partition coefficient (Wildman–Crippen LogP) is 1.67. The lowest BCUT2D eigenvalue weighted by atomic mass is 10.2. The highest BCUT2D eigenvalue weighted by atomic mass is 14.9. The number of nitrogens with zero attached hydrogens (tertiary/aromatic N) is 2. The average molecular weight is 173 g/mol. The molecule has 0 unspecified atom stereocenters. The first-order valence-corrected chi connectivity index (χ1v) is 4.09. The van der Waals surface area contributed by atoms with Gasteiger partial charge in [-0.05, 0) is 18.2 Å². The second-order valence-corrected chi connectivity index (χ2v) is 3.01. The summed E-state index contributed by atoms with van der Waals surface area (Å²) in [6.45, 7) is 0. The summed E-state index contributed by atoms with van der Waals surface area (Å²) in [5.41, 5.74) is 8.51. The molecule has 2 rings (SSSR count). The Bertz CT molecular complexity index is 418. The van der Waals surface area contributed by atoms with Crippen LogP contribution in [0, 0.1) is 0 Å². The van der Waals surface area contributed by atoms with Crippen molar-refractivity contribution in [1.82, 2.24) is 9.55 Å². The number of hydrogen-bond donors (Lipinski definition) is 1. The van der Waals surface area contributed by atoms with Crippen molar-refractivity contribution in [1.29, 1.82) is 0 Å². The molecule has 0 saturated heterocycles. The van der Waals surface area contributed by atoms with Gasteiger partial charge in [-0.3, -0.25) is 4.98 Å². The summed E-state index contributed by atoms with van der Waals surface area (Å²) in [7, 11) is 2.00. The minimum absolute atomic E-state index is 0.693. The highest BCUT2D eigenvalue weighted by Crippen LogP contribution is 2.19. The molecule has 0 aliphatic heterocycles. The largest absolute Gasteiger partial charge is 0.397 e. The van der Waals surface area contributed by atoms with Crippen LogP contribution in [0.1, 0.15) is 0 Å². The highest BCUT2D eigenvalue weighted by molar-refractivity contribution is 5.62. The molecule has 2 N–H and O–H groups in total. The van der Waals surface area contributed by atoms with E-state index in [4.69, 9.17) is 5.73 Å². The minimum atomic E-state index is 0.693. The van der Waals surface area contributed by atoms with Crippen LogP contribution in [0.5, 0.6) is 0 Å². The molecule has 0 bridgehead atoms. The third kappa shape index (κ3) is 1.40. The Hall–Kier alpha value is -1.77. The number of anilines is 1. The van der Waals surface area contributed by atoms with Gasteiger partial charge in [-0.1, -0.05) is 0 Å². The summed E-state index contributed by atoms with van der Waals surface area (Å²) in [6, 6.07) is 5.96. The van der Waals surface area contributed by atoms with Gasteiger partial charge in [0.15, 0.2) is 0 Å². The lowest BCUT2D eigenvalue weighted by Gasteiger charge is -2.02. The average Bonchev–Trinajstić information content (AvgIpc) is 2.51. The zero-order valence-corrected chi connectivity index (χ0v) is 7.44. The SMILES string of the molecule is Cn1cccc1-c1cncc(N)c1. The molecule has 66 valence electrons. The Kier molecular flexibility index (Phi) is 1.77. The zero-order chi connectivity index (χ0) is 9.26. The Balaban J connectivity index is 2.53. The molecule has 3 nitrogen and oxygen atoms in total. The van der Waals surface area contributed by atoms with Crippen LogP contribution >= 0.6 is 0 Å². The predicted molar refractivity (Wildman–Crippen MR) is 53.1 cm³/mol. The van der Waals surface area contributed by atoms with Gasteiger partial charge >= 0.3 is 0 Å². The van der Waals surface area contributed by atoms with Crippen molar-refractivity contribution in [2.24, 2.45) is 7.05 Å². The molecule has 0 atom stereocenters. The molecule has 2 aromatic heterocycles. The standard InChI is InChI=1S/C10H11N3/c1-13-4-2-3-10(13)8-5-9(11)7-12-6-8/h2-7H,11H2,1H3. The number of nitrogen functional groups attached to an aromatic ring is 1. The van der Waals surface area contributed by atoms with Crippen molar-refractivity contribution in [2.45, 2.75) is 0 Å². The number of pyridine rings is 1. The van der Waals surface area contributed by atoms with E-state index in [1.165, 1.54) is 0 Å². The van der Waals surface area contributed by atoms with Gasteiger partial charge in [-0.25, -0.2) is 0 Å². The molecule has 0 aromatic carbocycles. The maximum absolute atomic E-state index is 5.64. The van der Waals surface area contributed by atoms with Crippen LogP contribution < -0.4 is 5.73 Å². The van der Waals surface area contributed by atoms with Gasteiger partial charge in [0.25, 0.3) is 0 Å². The molecule has 0 amide bonds. The van der Waals surface area contributed by atoms with Gasteiger partial charge in [0.1, 0.15) is 0 Å². The molecule has 2 heterocycles. The van der Waals surface area contributed by atoms with Crippen molar-refractivity contribution in [3.8, 4) is 11.3 Å². The smallest absolute Gasteiger partial charge is 0.0507 e. The van der Waals surface area contributed by atoms with Crippen molar-refractivity contribution in [3.63, 3.8) is 0 Å². The maximum Gasteiger partial charge on any atom is 0.0507 e. The minimum Gasteiger partial charge on any atom is -0.397 e. The molecule has 0 fully saturated rings. The van der Waals surface area contributed by atoms with Gasteiger partial charge in [0.05, 0.1) is 5.69 Å². The second-order valence-electron chi connectivity index (χ2n) is 3.01. The van der Waals surface area contributed by atoms with Crippen molar-refractivity contribution in [3.05, 3.63) is 36.8 Å². The molecule has 0 spiro atoms. The zero-order valence-electron chi connectivity index (χ0n) is 7.44. The second kappa shape index (κ2) is 2.94. The Labute approximate surface area is 76.8 Å². The van der Waals surface area contributed by atoms with E-state index in [1.807, 2.05) is 42.2 Å². The monoisotopic (exact) mass is 173 g/mol. The van der Waals surface area contributed by atoms with E-state index in [0.717, 1.165) is 11.3 Å². The molecule has 0 aliphatic rings. The normalized spacial score (nSPS) is 10.2. The Morgan fingerprint density at radius 3 is 2.85 bits per heavy atom. The lowest BCUT2D eigenvalue weighted by Crippen LogP contribution is -1.92.